The van der Waals surface area contributed by atoms with Gasteiger partial charge in [0.2, 0.25) is 5.91 Å². The van der Waals surface area contributed by atoms with Gasteiger partial charge in [-0.3, -0.25) is 9.69 Å². The normalized spacial score (nSPS) is 24.3. The lowest BCUT2D eigenvalue weighted by Gasteiger charge is -2.49. The Morgan fingerprint density at radius 3 is 2.31 bits per heavy atom. The lowest BCUT2D eigenvalue weighted by Crippen LogP contribution is -2.70. The highest BCUT2D eigenvalue weighted by atomic mass is 28.4. The number of amides is 1. The molecule has 7 heteroatoms. The summed E-state index contributed by atoms with van der Waals surface area (Å²) in [5, 5.41) is 0.0752. The van der Waals surface area contributed by atoms with Crippen LogP contribution >= 0.6 is 0 Å². The lowest BCUT2D eigenvalue weighted by atomic mass is 9.84. The molecule has 2 aliphatic heterocycles. The molecule has 2 N–H and O–H groups in total. The molecule has 0 unspecified atom stereocenters. The maximum atomic E-state index is 12.8. The molecule has 26 heavy (non-hydrogen) atoms. The Kier molecular flexibility index (Phi) is 5.49. The largest absolute Gasteiger partial charge is 0.455 e. The van der Waals surface area contributed by atoms with Gasteiger partial charge in [-0.15, -0.1) is 0 Å². The molecule has 0 spiro atoms. The second kappa shape index (κ2) is 6.76. The van der Waals surface area contributed by atoms with E-state index in [9.17, 15) is 9.59 Å². The van der Waals surface area contributed by atoms with E-state index >= 15 is 0 Å². The molecular weight excluding hydrogens is 348 g/mol. The van der Waals surface area contributed by atoms with Crippen molar-refractivity contribution in [3.8, 4) is 0 Å². The number of ether oxygens (including phenoxy) is 1. The number of hydrogen-bond acceptors (Lipinski definition) is 5. The Morgan fingerprint density at radius 1 is 1.23 bits per heavy atom. The van der Waals surface area contributed by atoms with Crippen LogP contribution in [0.25, 0.3) is 0 Å². The highest BCUT2D eigenvalue weighted by Gasteiger charge is 2.51. The van der Waals surface area contributed by atoms with Gasteiger partial charge in [-0.2, -0.15) is 0 Å². The minimum atomic E-state index is -1.97. The van der Waals surface area contributed by atoms with Crippen molar-refractivity contribution in [1.82, 2.24) is 4.90 Å². The molecule has 0 aliphatic carbocycles. The van der Waals surface area contributed by atoms with E-state index in [-0.39, 0.29) is 17.0 Å². The molecule has 2 aliphatic rings. The van der Waals surface area contributed by atoms with E-state index in [1.54, 1.807) is 0 Å². The van der Waals surface area contributed by atoms with Crippen LogP contribution in [0.3, 0.4) is 0 Å². The van der Waals surface area contributed by atoms with Crippen LogP contribution in [0.15, 0.2) is 11.3 Å². The molecule has 2 atom stereocenters. The maximum absolute atomic E-state index is 12.8. The lowest BCUT2D eigenvalue weighted by molar-refractivity contribution is -0.161. The van der Waals surface area contributed by atoms with E-state index in [4.69, 9.17) is 14.9 Å². The third kappa shape index (κ3) is 4.04. The number of esters is 1. The van der Waals surface area contributed by atoms with E-state index in [1.165, 1.54) is 4.90 Å². The zero-order valence-electron chi connectivity index (χ0n) is 17.4. The van der Waals surface area contributed by atoms with Crippen molar-refractivity contribution < 1.29 is 18.8 Å². The number of rotatable bonds is 4. The van der Waals surface area contributed by atoms with Crippen molar-refractivity contribution >= 4 is 20.2 Å². The van der Waals surface area contributed by atoms with Gasteiger partial charge in [-0.25, -0.2) is 4.79 Å². The number of nitrogens with zero attached hydrogens (tertiary/aromatic N) is 1. The minimum Gasteiger partial charge on any atom is -0.455 e. The van der Waals surface area contributed by atoms with Gasteiger partial charge in [-0.05, 0) is 57.3 Å². The molecule has 2 heterocycles. The fraction of sp³-hybridized carbons (Fsp3) is 0.789. The summed E-state index contributed by atoms with van der Waals surface area (Å²) in [6.07, 6.45) is 1.46. The molecule has 148 valence electrons. The highest BCUT2D eigenvalue weighted by Crippen LogP contribution is 2.40. The molecule has 6 nitrogen and oxygen atoms in total. The Morgan fingerprint density at radius 2 is 1.81 bits per heavy atom. The van der Waals surface area contributed by atoms with Gasteiger partial charge < -0.3 is 14.9 Å². The Hall–Kier alpha value is -1.18. The van der Waals surface area contributed by atoms with Crippen molar-refractivity contribution in [2.75, 3.05) is 6.61 Å². The summed E-state index contributed by atoms with van der Waals surface area (Å²) in [6, 6.07) is -0.628. The van der Waals surface area contributed by atoms with Crippen LogP contribution in [-0.2, 0) is 18.8 Å². The first-order valence-electron chi connectivity index (χ1n) is 9.34. The first kappa shape index (κ1) is 21.1. The SMILES string of the molecule is CC(C)(C)OC(=O)C1=C(CO[Si](C)(C)C(C)(C)C)CC[C@@H]2[C@H](N)C(=O)N12. The smallest absolute Gasteiger partial charge is 0.355 e. The van der Waals surface area contributed by atoms with Crippen LogP contribution in [-0.4, -0.2) is 49.4 Å². The second-order valence-corrected chi connectivity index (χ2v) is 14.7. The van der Waals surface area contributed by atoms with Gasteiger partial charge in [0.1, 0.15) is 17.3 Å². The highest BCUT2D eigenvalue weighted by molar-refractivity contribution is 6.74. The number of carbonyl (C=O) groups is 2. The predicted molar refractivity (Wildman–Crippen MR) is 104 cm³/mol. The van der Waals surface area contributed by atoms with Gasteiger partial charge in [-0.1, -0.05) is 20.8 Å². The molecule has 0 bridgehead atoms. The molecule has 2 rings (SSSR count). The molecule has 0 aromatic rings. The van der Waals surface area contributed by atoms with Crippen LogP contribution in [0.5, 0.6) is 0 Å². The summed E-state index contributed by atoms with van der Waals surface area (Å²) >= 11 is 0. The average molecular weight is 383 g/mol. The van der Waals surface area contributed by atoms with E-state index in [1.807, 2.05) is 20.8 Å². The minimum absolute atomic E-state index is 0.0752. The second-order valence-electron chi connectivity index (χ2n) is 9.84. The van der Waals surface area contributed by atoms with Gasteiger partial charge >= 0.3 is 5.97 Å². The predicted octanol–water partition coefficient (Wildman–Crippen LogP) is 2.94. The zero-order valence-corrected chi connectivity index (χ0v) is 18.4. The van der Waals surface area contributed by atoms with Crippen LogP contribution in [0, 0.1) is 0 Å². The summed E-state index contributed by atoms with van der Waals surface area (Å²) in [4.78, 5) is 26.7. The zero-order chi connectivity index (χ0) is 20.1. The summed E-state index contributed by atoms with van der Waals surface area (Å²) in [5.74, 6) is -0.670. The van der Waals surface area contributed by atoms with Gasteiger partial charge in [0, 0.05) is 0 Å². The van der Waals surface area contributed by atoms with E-state index in [2.05, 4.69) is 33.9 Å². The summed E-state index contributed by atoms with van der Waals surface area (Å²) in [6.45, 7) is 16.7. The molecule has 0 saturated carbocycles. The number of hydrogen-bond donors (Lipinski definition) is 1. The first-order valence-corrected chi connectivity index (χ1v) is 12.2. The number of β-lactam (4-membered cyclic amide) rings is 1. The van der Waals surface area contributed by atoms with E-state index in [0.717, 1.165) is 12.0 Å². The van der Waals surface area contributed by atoms with Crippen LogP contribution in [0.4, 0.5) is 0 Å². The number of carbonyl (C=O) groups excluding carboxylic acids is 2. The molecule has 0 aromatic heterocycles. The monoisotopic (exact) mass is 382 g/mol. The van der Waals surface area contributed by atoms with Crippen molar-refractivity contribution in [3.05, 3.63) is 11.3 Å². The molecular formula is C19H34N2O4Si. The molecule has 1 fully saturated rings. The summed E-state index contributed by atoms with van der Waals surface area (Å²) in [5.41, 5.74) is 6.49. The van der Waals surface area contributed by atoms with Gasteiger partial charge in [0.05, 0.1) is 12.6 Å². The van der Waals surface area contributed by atoms with Gasteiger partial charge in [0.15, 0.2) is 8.32 Å². The van der Waals surface area contributed by atoms with Crippen molar-refractivity contribution in [1.29, 1.82) is 0 Å². The van der Waals surface area contributed by atoms with E-state index < -0.39 is 25.9 Å². The fourth-order valence-corrected chi connectivity index (χ4v) is 3.92. The number of fused-ring (bicyclic) bond motifs is 1. The quantitative estimate of drug-likeness (QED) is 0.459. The van der Waals surface area contributed by atoms with Gasteiger partial charge in [0.25, 0.3) is 0 Å². The Bertz CT molecular complexity index is 628. The summed E-state index contributed by atoms with van der Waals surface area (Å²) in [7, 11) is -1.97. The molecule has 1 saturated heterocycles. The Balaban J connectivity index is 2.31. The summed E-state index contributed by atoms with van der Waals surface area (Å²) < 4.78 is 11.9. The van der Waals surface area contributed by atoms with Crippen molar-refractivity contribution in [3.63, 3.8) is 0 Å². The molecule has 0 aromatic carbocycles. The average Bonchev–Trinajstić information content (AvgIpc) is 2.48. The van der Waals surface area contributed by atoms with Crippen LogP contribution in [0.1, 0.15) is 54.4 Å². The third-order valence-corrected chi connectivity index (χ3v) is 10.1. The van der Waals surface area contributed by atoms with Crippen molar-refractivity contribution in [2.24, 2.45) is 5.73 Å². The van der Waals surface area contributed by atoms with Crippen molar-refractivity contribution in [2.45, 2.75) is 90.2 Å². The standard InChI is InChI=1S/C19H34N2O4Si/c1-18(2,3)25-17(23)15-12(11-24-26(7,8)19(4,5)6)9-10-13-14(20)16(22)21(13)15/h13-14H,9-11,20H2,1-8H3/t13-,14+/m1/s1. The maximum Gasteiger partial charge on any atom is 0.355 e. The molecule has 1 amide bonds. The fourth-order valence-electron chi connectivity index (χ4n) is 2.96. The first-order chi connectivity index (χ1) is 11.7. The topological polar surface area (TPSA) is 81.9 Å². The van der Waals surface area contributed by atoms with E-state index in [0.29, 0.717) is 18.7 Å². The molecule has 0 radical (unpaired) electrons. The Labute approximate surface area is 158 Å². The third-order valence-electron chi connectivity index (χ3n) is 5.59. The van der Waals surface area contributed by atoms with Crippen LogP contribution in [0.2, 0.25) is 18.1 Å². The number of nitrogens with two attached hydrogens (primary N) is 1. The van der Waals surface area contributed by atoms with Crippen LogP contribution < -0.4 is 5.73 Å².